The van der Waals surface area contributed by atoms with Crippen molar-refractivity contribution in [3.63, 3.8) is 0 Å². The van der Waals surface area contributed by atoms with Gasteiger partial charge in [-0.05, 0) is 46.8 Å². The summed E-state index contributed by atoms with van der Waals surface area (Å²) >= 11 is 3.34. The molecule has 0 amide bonds. The van der Waals surface area contributed by atoms with E-state index in [4.69, 9.17) is 4.74 Å². The Labute approximate surface area is 128 Å². The van der Waals surface area contributed by atoms with Crippen LogP contribution in [0.3, 0.4) is 0 Å². The summed E-state index contributed by atoms with van der Waals surface area (Å²) in [6, 6.07) is 5.19. The number of ether oxygens (including phenoxy) is 1. The van der Waals surface area contributed by atoms with Crippen molar-refractivity contribution >= 4 is 31.8 Å². The van der Waals surface area contributed by atoms with Crippen LogP contribution in [0.5, 0.6) is 5.75 Å². The van der Waals surface area contributed by atoms with Crippen LogP contribution in [0.2, 0.25) is 0 Å². The molecule has 0 spiro atoms. The molecule has 2 rings (SSSR count). The van der Waals surface area contributed by atoms with Gasteiger partial charge in [0.25, 0.3) is 0 Å². The highest BCUT2D eigenvalue weighted by molar-refractivity contribution is 9.10. The normalized spacial score (nSPS) is 17.9. The quantitative estimate of drug-likeness (QED) is 0.895. The van der Waals surface area contributed by atoms with E-state index in [9.17, 15) is 8.42 Å². The lowest BCUT2D eigenvalue weighted by Gasteiger charge is -2.29. The standard InChI is InChI=1S/C13H19BrN2O3S/c1-10-5-7-16(8-6-10)20(17,18)15-13-9-11(19-2)3-4-12(13)14/h3-4,9-10,15H,5-8H2,1-2H3. The van der Waals surface area contributed by atoms with E-state index in [0.29, 0.717) is 34.9 Å². The second-order valence-corrected chi connectivity index (χ2v) is 7.56. The lowest BCUT2D eigenvalue weighted by atomic mass is 10.0. The maximum absolute atomic E-state index is 12.4. The smallest absolute Gasteiger partial charge is 0.301 e. The van der Waals surface area contributed by atoms with Gasteiger partial charge in [0, 0.05) is 23.6 Å². The number of rotatable bonds is 4. The number of piperidine rings is 1. The van der Waals surface area contributed by atoms with E-state index >= 15 is 0 Å². The second kappa shape index (κ2) is 6.32. The predicted molar refractivity (Wildman–Crippen MR) is 83.2 cm³/mol. The fourth-order valence-corrected chi connectivity index (χ4v) is 3.88. The number of methoxy groups -OCH3 is 1. The van der Waals surface area contributed by atoms with Crippen LogP contribution < -0.4 is 9.46 Å². The zero-order chi connectivity index (χ0) is 14.8. The van der Waals surface area contributed by atoms with E-state index in [1.807, 2.05) is 0 Å². The van der Waals surface area contributed by atoms with Gasteiger partial charge in [0.05, 0.1) is 12.8 Å². The van der Waals surface area contributed by atoms with Gasteiger partial charge in [0.15, 0.2) is 0 Å². The molecule has 112 valence electrons. The molecule has 0 aromatic heterocycles. The van der Waals surface area contributed by atoms with Gasteiger partial charge in [-0.15, -0.1) is 0 Å². The Morgan fingerprint density at radius 2 is 2.00 bits per heavy atom. The third kappa shape index (κ3) is 3.65. The minimum Gasteiger partial charge on any atom is -0.497 e. The first-order valence-electron chi connectivity index (χ1n) is 6.54. The molecule has 0 saturated carbocycles. The van der Waals surface area contributed by atoms with Crippen molar-refractivity contribution in [1.29, 1.82) is 0 Å². The lowest BCUT2D eigenvalue weighted by Crippen LogP contribution is -2.41. The number of hydrogen-bond donors (Lipinski definition) is 1. The maximum Gasteiger partial charge on any atom is 0.301 e. The summed E-state index contributed by atoms with van der Waals surface area (Å²) in [5.74, 6) is 1.20. The van der Waals surface area contributed by atoms with Crippen molar-refractivity contribution in [2.45, 2.75) is 19.8 Å². The first-order chi connectivity index (χ1) is 9.42. The van der Waals surface area contributed by atoms with Crippen LogP contribution >= 0.6 is 15.9 Å². The van der Waals surface area contributed by atoms with E-state index in [1.165, 1.54) is 4.31 Å². The zero-order valence-electron chi connectivity index (χ0n) is 11.6. The number of halogens is 1. The largest absolute Gasteiger partial charge is 0.497 e. The molecule has 5 nitrogen and oxygen atoms in total. The molecule has 0 bridgehead atoms. The van der Waals surface area contributed by atoms with Crippen molar-refractivity contribution in [1.82, 2.24) is 4.31 Å². The molecular formula is C13H19BrN2O3S. The van der Waals surface area contributed by atoms with Crippen LogP contribution in [-0.4, -0.2) is 32.9 Å². The Kier molecular flexibility index (Phi) is 4.93. The molecule has 1 fully saturated rings. The number of benzene rings is 1. The Bertz CT molecular complexity index is 569. The number of anilines is 1. The summed E-state index contributed by atoms with van der Waals surface area (Å²) in [7, 11) is -1.96. The third-order valence-electron chi connectivity index (χ3n) is 3.49. The summed E-state index contributed by atoms with van der Waals surface area (Å²) in [5.41, 5.74) is 0.489. The van der Waals surface area contributed by atoms with Crippen LogP contribution in [0, 0.1) is 5.92 Å². The first-order valence-corrected chi connectivity index (χ1v) is 8.77. The molecule has 0 unspecified atom stereocenters. The van der Waals surface area contributed by atoms with E-state index in [2.05, 4.69) is 27.6 Å². The fourth-order valence-electron chi connectivity index (χ4n) is 2.14. The number of hydrogen-bond acceptors (Lipinski definition) is 3. The van der Waals surface area contributed by atoms with Crippen molar-refractivity contribution < 1.29 is 13.2 Å². The SMILES string of the molecule is COc1ccc(Br)c(NS(=O)(=O)N2CCC(C)CC2)c1. The molecule has 0 aliphatic carbocycles. The van der Waals surface area contributed by atoms with Gasteiger partial charge in [-0.25, -0.2) is 0 Å². The molecule has 1 heterocycles. The van der Waals surface area contributed by atoms with Crippen molar-refractivity contribution in [2.75, 3.05) is 24.9 Å². The van der Waals surface area contributed by atoms with Gasteiger partial charge in [0.1, 0.15) is 5.75 Å². The Morgan fingerprint density at radius 1 is 1.35 bits per heavy atom. The molecule has 1 saturated heterocycles. The van der Waals surface area contributed by atoms with Crippen LogP contribution in [-0.2, 0) is 10.2 Å². The Morgan fingerprint density at radius 3 is 2.60 bits per heavy atom. The van der Waals surface area contributed by atoms with Gasteiger partial charge < -0.3 is 4.74 Å². The molecule has 1 aliphatic heterocycles. The van der Waals surface area contributed by atoms with Gasteiger partial charge in [-0.3, -0.25) is 4.72 Å². The van der Waals surface area contributed by atoms with Crippen molar-refractivity contribution in [3.05, 3.63) is 22.7 Å². The molecule has 1 N–H and O–H groups in total. The highest BCUT2D eigenvalue weighted by Crippen LogP contribution is 2.29. The average molecular weight is 363 g/mol. The highest BCUT2D eigenvalue weighted by Gasteiger charge is 2.26. The highest BCUT2D eigenvalue weighted by atomic mass is 79.9. The molecule has 0 atom stereocenters. The number of nitrogens with zero attached hydrogens (tertiary/aromatic N) is 1. The molecular weight excluding hydrogens is 344 g/mol. The summed E-state index contributed by atoms with van der Waals surface area (Å²) < 4.78 is 34.7. The first kappa shape index (κ1) is 15.6. The number of nitrogens with one attached hydrogen (secondary N) is 1. The van der Waals surface area contributed by atoms with Crippen LogP contribution in [0.1, 0.15) is 19.8 Å². The van der Waals surface area contributed by atoms with Crippen molar-refractivity contribution in [3.8, 4) is 5.75 Å². The summed E-state index contributed by atoms with van der Waals surface area (Å²) in [4.78, 5) is 0. The van der Waals surface area contributed by atoms with Gasteiger partial charge in [0.2, 0.25) is 0 Å². The average Bonchev–Trinajstić information content (AvgIpc) is 2.41. The molecule has 20 heavy (non-hydrogen) atoms. The predicted octanol–water partition coefficient (Wildman–Crippen LogP) is 2.85. The van der Waals surface area contributed by atoms with Gasteiger partial charge >= 0.3 is 10.2 Å². The van der Waals surface area contributed by atoms with Crippen LogP contribution in [0.15, 0.2) is 22.7 Å². The summed E-state index contributed by atoms with van der Waals surface area (Å²) in [5, 5.41) is 0. The molecule has 1 aromatic rings. The second-order valence-electron chi connectivity index (χ2n) is 5.03. The van der Waals surface area contributed by atoms with E-state index in [1.54, 1.807) is 25.3 Å². The minimum atomic E-state index is -3.51. The van der Waals surface area contributed by atoms with Crippen molar-refractivity contribution in [2.24, 2.45) is 5.92 Å². The van der Waals surface area contributed by atoms with Crippen LogP contribution in [0.25, 0.3) is 0 Å². The topological polar surface area (TPSA) is 58.6 Å². The monoisotopic (exact) mass is 362 g/mol. The molecule has 1 aromatic carbocycles. The lowest BCUT2D eigenvalue weighted by molar-refractivity contribution is 0.289. The molecule has 7 heteroatoms. The maximum atomic E-state index is 12.4. The molecule has 1 aliphatic rings. The van der Waals surface area contributed by atoms with Gasteiger partial charge in [-0.2, -0.15) is 12.7 Å². The fraction of sp³-hybridized carbons (Fsp3) is 0.538. The van der Waals surface area contributed by atoms with E-state index in [0.717, 1.165) is 12.8 Å². The summed E-state index contributed by atoms with van der Waals surface area (Å²) in [6.45, 7) is 3.28. The zero-order valence-corrected chi connectivity index (χ0v) is 14.0. The van der Waals surface area contributed by atoms with E-state index < -0.39 is 10.2 Å². The minimum absolute atomic E-state index is 0.489. The Hall–Kier alpha value is -0.790. The van der Waals surface area contributed by atoms with Gasteiger partial charge in [-0.1, -0.05) is 6.92 Å². The Balaban J connectivity index is 2.16. The van der Waals surface area contributed by atoms with E-state index in [-0.39, 0.29) is 0 Å². The summed E-state index contributed by atoms with van der Waals surface area (Å²) in [6.07, 6.45) is 1.81. The molecule has 0 radical (unpaired) electrons. The van der Waals surface area contributed by atoms with Crippen LogP contribution in [0.4, 0.5) is 5.69 Å². The third-order valence-corrected chi connectivity index (χ3v) is 5.71.